The van der Waals surface area contributed by atoms with Crippen LogP contribution in [0.25, 0.3) is 11.3 Å². The summed E-state index contributed by atoms with van der Waals surface area (Å²) in [4.78, 5) is 21.1. The Hall–Kier alpha value is -2.45. The van der Waals surface area contributed by atoms with Gasteiger partial charge in [-0.3, -0.25) is 10.1 Å². The summed E-state index contributed by atoms with van der Waals surface area (Å²) < 4.78 is 1.70. The van der Waals surface area contributed by atoms with Crippen LogP contribution in [0.5, 0.6) is 0 Å². The average Bonchev–Trinajstić information content (AvgIpc) is 3.41. The average molecular weight is 398 g/mol. The van der Waals surface area contributed by atoms with Crippen molar-refractivity contribution in [2.45, 2.75) is 12.8 Å². The molecule has 8 heteroatoms. The molecule has 27 heavy (non-hydrogen) atoms. The number of rotatable bonds is 5. The monoisotopic (exact) mass is 397 g/mol. The Bertz CT molecular complexity index is 898. The maximum absolute atomic E-state index is 13.0. The maximum atomic E-state index is 13.0. The molecule has 1 aromatic carbocycles. The van der Waals surface area contributed by atoms with Crippen molar-refractivity contribution in [1.29, 1.82) is 0 Å². The van der Waals surface area contributed by atoms with Crippen molar-refractivity contribution in [3.05, 3.63) is 60.1 Å². The largest absolute Gasteiger partial charge is 0.298 e. The van der Waals surface area contributed by atoms with Crippen LogP contribution < -0.4 is 5.32 Å². The summed E-state index contributed by atoms with van der Waals surface area (Å²) in [6.45, 7) is 0. The van der Waals surface area contributed by atoms with Gasteiger partial charge in [0.15, 0.2) is 5.13 Å². The van der Waals surface area contributed by atoms with Gasteiger partial charge in [-0.2, -0.15) is 16.9 Å². The summed E-state index contributed by atoms with van der Waals surface area (Å²) in [6.07, 6.45) is 9.19. The molecule has 3 heterocycles. The fraction of sp³-hybridized carbons (Fsp3) is 0.263. The molecule has 0 spiro atoms. The first-order valence-electron chi connectivity index (χ1n) is 8.75. The Morgan fingerprint density at radius 2 is 2.04 bits per heavy atom. The Morgan fingerprint density at radius 1 is 1.22 bits per heavy atom. The molecule has 1 aliphatic rings. The lowest BCUT2D eigenvalue weighted by Crippen LogP contribution is -2.16. The van der Waals surface area contributed by atoms with Crippen LogP contribution in [0.3, 0.4) is 0 Å². The third-order valence-electron chi connectivity index (χ3n) is 4.43. The molecule has 0 bridgehead atoms. The zero-order valence-corrected chi connectivity index (χ0v) is 16.2. The number of hydrogen-bond acceptors (Lipinski definition) is 6. The zero-order chi connectivity index (χ0) is 18.5. The minimum Gasteiger partial charge on any atom is -0.298 e. The van der Waals surface area contributed by atoms with E-state index < -0.39 is 0 Å². The second-order valence-corrected chi connectivity index (χ2v) is 8.33. The molecule has 138 valence electrons. The molecule has 0 radical (unpaired) electrons. The molecule has 2 aromatic heterocycles. The van der Waals surface area contributed by atoms with Gasteiger partial charge in [0.05, 0.1) is 5.69 Å². The number of aromatic nitrogens is 4. The van der Waals surface area contributed by atoms with E-state index >= 15 is 0 Å². The van der Waals surface area contributed by atoms with Gasteiger partial charge in [0.1, 0.15) is 12.7 Å². The van der Waals surface area contributed by atoms with Crippen LogP contribution in [0.2, 0.25) is 0 Å². The first-order valence-corrected chi connectivity index (χ1v) is 10.8. The second-order valence-electron chi connectivity index (χ2n) is 6.21. The molecular formula is C19H19N5OS2. The quantitative estimate of drug-likeness (QED) is 0.661. The highest BCUT2D eigenvalue weighted by atomic mass is 32.2. The number of thiazole rings is 1. The van der Waals surface area contributed by atoms with Crippen LogP contribution in [0, 0.1) is 5.92 Å². The molecule has 0 atom stereocenters. The second kappa shape index (κ2) is 8.49. The lowest BCUT2D eigenvalue weighted by molar-refractivity contribution is -0.111. The molecule has 6 nitrogen and oxygen atoms in total. The normalized spacial score (nSPS) is 15.6. The molecular weight excluding hydrogens is 378 g/mol. The highest BCUT2D eigenvalue weighted by Gasteiger charge is 2.18. The number of benzene rings is 1. The van der Waals surface area contributed by atoms with E-state index in [1.54, 1.807) is 17.2 Å². The van der Waals surface area contributed by atoms with E-state index in [-0.39, 0.29) is 5.91 Å². The summed E-state index contributed by atoms with van der Waals surface area (Å²) in [7, 11) is 0. The number of amides is 1. The predicted molar refractivity (Wildman–Crippen MR) is 110 cm³/mol. The van der Waals surface area contributed by atoms with Crippen molar-refractivity contribution >= 4 is 39.7 Å². The molecule has 4 rings (SSSR count). The van der Waals surface area contributed by atoms with E-state index in [1.165, 1.54) is 17.7 Å². The minimum absolute atomic E-state index is 0.114. The molecule has 1 N–H and O–H groups in total. The van der Waals surface area contributed by atoms with Crippen molar-refractivity contribution in [1.82, 2.24) is 19.7 Å². The first kappa shape index (κ1) is 17.9. The Labute approximate surface area is 165 Å². The van der Waals surface area contributed by atoms with E-state index in [2.05, 4.69) is 26.5 Å². The van der Waals surface area contributed by atoms with Crippen LogP contribution in [-0.2, 0) is 4.79 Å². The molecule has 0 saturated carbocycles. The summed E-state index contributed by atoms with van der Waals surface area (Å²) in [5.74, 6) is 2.61. The van der Waals surface area contributed by atoms with Crippen LogP contribution in [-0.4, -0.2) is 37.2 Å². The number of carbonyl (C=O) groups is 1. The summed E-state index contributed by atoms with van der Waals surface area (Å²) in [6, 6.07) is 7.82. The SMILES string of the molecule is O=C(Nc1nccs1)C(=CC1CCSCC1)c1ccc(-n2cncn2)cc1. The van der Waals surface area contributed by atoms with Gasteiger partial charge in [0, 0.05) is 17.2 Å². The van der Waals surface area contributed by atoms with Gasteiger partial charge >= 0.3 is 0 Å². The van der Waals surface area contributed by atoms with E-state index in [9.17, 15) is 4.79 Å². The van der Waals surface area contributed by atoms with E-state index in [4.69, 9.17) is 0 Å². The zero-order valence-electron chi connectivity index (χ0n) is 14.6. The van der Waals surface area contributed by atoms with Gasteiger partial charge in [-0.05, 0) is 48.0 Å². The van der Waals surface area contributed by atoms with Crippen LogP contribution in [0.4, 0.5) is 5.13 Å². The highest BCUT2D eigenvalue weighted by Crippen LogP contribution is 2.28. The van der Waals surface area contributed by atoms with Gasteiger partial charge in [-0.1, -0.05) is 18.2 Å². The minimum atomic E-state index is -0.114. The van der Waals surface area contributed by atoms with Crippen LogP contribution in [0.15, 0.2) is 54.6 Å². The maximum Gasteiger partial charge on any atom is 0.257 e. The number of nitrogens with one attached hydrogen (secondary N) is 1. The van der Waals surface area contributed by atoms with Crippen molar-refractivity contribution in [3.63, 3.8) is 0 Å². The van der Waals surface area contributed by atoms with Crippen molar-refractivity contribution in [3.8, 4) is 5.69 Å². The molecule has 0 unspecified atom stereocenters. The predicted octanol–water partition coefficient (Wildman–Crippen LogP) is 3.89. The summed E-state index contributed by atoms with van der Waals surface area (Å²) in [5.41, 5.74) is 2.50. The van der Waals surface area contributed by atoms with Crippen LogP contribution in [0.1, 0.15) is 18.4 Å². The molecule has 1 saturated heterocycles. The number of allylic oxidation sites excluding steroid dienone is 1. The molecule has 0 aliphatic carbocycles. The molecule has 1 amide bonds. The fourth-order valence-electron chi connectivity index (χ4n) is 3.01. The summed E-state index contributed by atoms with van der Waals surface area (Å²) >= 11 is 3.40. The number of thioether (sulfide) groups is 1. The molecule has 1 fully saturated rings. The number of anilines is 1. The first-order chi connectivity index (χ1) is 13.3. The van der Waals surface area contributed by atoms with Crippen molar-refractivity contribution in [2.24, 2.45) is 5.92 Å². The Morgan fingerprint density at radius 3 is 2.70 bits per heavy atom. The summed E-state index contributed by atoms with van der Waals surface area (Å²) in [5, 5.41) is 9.53. The highest BCUT2D eigenvalue weighted by molar-refractivity contribution is 7.99. The number of carbonyl (C=O) groups excluding carboxylic acids is 1. The smallest absolute Gasteiger partial charge is 0.257 e. The van der Waals surface area contributed by atoms with E-state index in [1.807, 2.05) is 41.4 Å². The topological polar surface area (TPSA) is 72.7 Å². The molecule has 1 aliphatic heterocycles. The third kappa shape index (κ3) is 4.45. The van der Waals surface area contributed by atoms with E-state index in [0.717, 1.165) is 35.6 Å². The van der Waals surface area contributed by atoms with E-state index in [0.29, 0.717) is 16.6 Å². The molecule has 3 aromatic rings. The van der Waals surface area contributed by atoms with Crippen molar-refractivity contribution < 1.29 is 4.79 Å². The number of nitrogens with zero attached hydrogens (tertiary/aromatic N) is 4. The number of hydrogen-bond donors (Lipinski definition) is 1. The van der Waals surface area contributed by atoms with Gasteiger partial charge in [-0.25, -0.2) is 14.6 Å². The lowest BCUT2D eigenvalue weighted by atomic mass is 9.95. The standard InChI is InChI=1S/C19H19N5OS2/c25-18(23-19-21-7-10-27-19)17(11-14-5-8-26-9-6-14)15-1-3-16(4-2-15)24-13-20-12-22-24/h1-4,7,10-14H,5-6,8-9H2,(H,21,23,25). The van der Waals surface area contributed by atoms with Gasteiger partial charge in [-0.15, -0.1) is 11.3 Å². The Kier molecular flexibility index (Phi) is 5.64. The fourth-order valence-corrected chi connectivity index (χ4v) is 4.67. The van der Waals surface area contributed by atoms with Crippen LogP contribution >= 0.6 is 23.1 Å². The van der Waals surface area contributed by atoms with Crippen molar-refractivity contribution in [2.75, 3.05) is 16.8 Å². The van der Waals surface area contributed by atoms with Gasteiger partial charge in [0.25, 0.3) is 5.91 Å². The lowest BCUT2D eigenvalue weighted by Gasteiger charge is -2.19. The Balaban J connectivity index is 1.62. The van der Waals surface area contributed by atoms with Gasteiger partial charge < -0.3 is 0 Å². The van der Waals surface area contributed by atoms with Gasteiger partial charge in [0.2, 0.25) is 0 Å². The third-order valence-corrected chi connectivity index (χ3v) is 6.16.